The number of nitrogens with two attached hydrogens (primary N) is 1. The summed E-state index contributed by atoms with van der Waals surface area (Å²) in [5.41, 5.74) is 8.77. The number of benzene rings is 2. The number of hydrogen-bond donors (Lipinski definition) is 2. The van der Waals surface area contributed by atoms with Crippen LogP contribution in [0, 0.1) is 5.41 Å². The fraction of sp³-hybridized carbons (Fsp3) is 0.250. The van der Waals surface area contributed by atoms with Gasteiger partial charge in [0.1, 0.15) is 18.5 Å². The molecular weight excluding hydrogens is 385 g/mol. The number of ether oxygens (including phenoxy) is 1. The van der Waals surface area contributed by atoms with Crippen molar-refractivity contribution in [3.63, 3.8) is 0 Å². The quantitative estimate of drug-likeness (QED) is 0.708. The van der Waals surface area contributed by atoms with E-state index in [1.165, 1.54) is 18.2 Å². The standard InChI is InChI=1S/C24H22FNO4/c25-15-9-11-24(12-10-15,13-21(26)22(27)28)23(29)30-14-20-18-7-3-1-5-16(18)17-6-2-4-8-19(17)20/h1-11,20-21H,12-14,26H2,(H,27,28)/t21-,24?/m0/s1. The molecule has 6 heteroatoms. The Morgan fingerprint density at radius 1 is 1.13 bits per heavy atom. The second-order valence-corrected chi connectivity index (χ2v) is 7.76. The van der Waals surface area contributed by atoms with Crippen LogP contribution in [0.15, 0.2) is 72.6 Å². The number of esters is 1. The molecule has 2 aliphatic rings. The van der Waals surface area contributed by atoms with Gasteiger partial charge in [0.05, 0.1) is 5.41 Å². The zero-order valence-corrected chi connectivity index (χ0v) is 16.3. The lowest BCUT2D eigenvalue weighted by Crippen LogP contribution is -2.42. The van der Waals surface area contributed by atoms with Gasteiger partial charge in [-0.15, -0.1) is 0 Å². The first-order chi connectivity index (χ1) is 14.4. The molecule has 0 saturated carbocycles. The zero-order chi connectivity index (χ0) is 21.3. The Bertz CT molecular complexity index is 1020. The fourth-order valence-corrected chi connectivity index (χ4v) is 4.26. The molecule has 0 heterocycles. The Balaban J connectivity index is 1.57. The van der Waals surface area contributed by atoms with E-state index in [9.17, 15) is 19.1 Å². The lowest BCUT2D eigenvalue weighted by molar-refractivity contribution is -0.154. The summed E-state index contributed by atoms with van der Waals surface area (Å²) in [4.78, 5) is 24.3. The predicted molar refractivity (Wildman–Crippen MR) is 110 cm³/mol. The molecule has 0 bridgehead atoms. The summed E-state index contributed by atoms with van der Waals surface area (Å²) in [7, 11) is 0. The summed E-state index contributed by atoms with van der Waals surface area (Å²) >= 11 is 0. The monoisotopic (exact) mass is 407 g/mol. The molecule has 2 aromatic carbocycles. The number of carboxylic acids is 1. The van der Waals surface area contributed by atoms with E-state index in [2.05, 4.69) is 0 Å². The van der Waals surface area contributed by atoms with E-state index in [4.69, 9.17) is 10.5 Å². The van der Waals surface area contributed by atoms with Gasteiger partial charge in [-0.3, -0.25) is 9.59 Å². The Hall–Kier alpha value is -3.25. The van der Waals surface area contributed by atoms with Gasteiger partial charge in [-0.1, -0.05) is 54.6 Å². The minimum atomic E-state index is -1.30. The lowest BCUT2D eigenvalue weighted by atomic mass is 9.76. The number of aliphatic carboxylic acids is 1. The summed E-state index contributed by atoms with van der Waals surface area (Å²) < 4.78 is 19.2. The minimum absolute atomic E-state index is 0.00693. The lowest BCUT2D eigenvalue weighted by Gasteiger charge is -2.31. The third-order valence-corrected chi connectivity index (χ3v) is 5.87. The molecule has 0 aromatic heterocycles. The molecule has 2 aromatic rings. The van der Waals surface area contributed by atoms with E-state index in [-0.39, 0.29) is 25.4 Å². The Labute approximate surface area is 173 Å². The fourth-order valence-electron chi connectivity index (χ4n) is 4.26. The maximum absolute atomic E-state index is 13.5. The third-order valence-electron chi connectivity index (χ3n) is 5.87. The Morgan fingerprint density at radius 2 is 1.73 bits per heavy atom. The first-order valence-corrected chi connectivity index (χ1v) is 9.80. The Kier molecular flexibility index (Phi) is 5.26. The van der Waals surface area contributed by atoms with E-state index in [0.29, 0.717) is 0 Å². The van der Waals surface area contributed by atoms with Crippen LogP contribution in [0.1, 0.15) is 29.9 Å². The second kappa shape index (κ2) is 7.88. The molecule has 0 fully saturated rings. The van der Waals surface area contributed by atoms with Gasteiger partial charge in [-0.2, -0.15) is 0 Å². The largest absolute Gasteiger partial charge is 0.480 e. The van der Waals surface area contributed by atoms with Crippen molar-refractivity contribution >= 4 is 11.9 Å². The summed E-state index contributed by atoms with van der Waals surface area (Å²) in [5, 5.41) is 9.19. The maximum Gasteiger partial charge on any atom is 0.320 e. The van der Waals surface area contributed by atoms with Crippen LogP contribution < -0.4 is 5.73 Å². The molecule has 0 aliphatic heterocycles. The van der Waals surface area contributed by atoms with Crippen LogP contribution in [0.25, 0.3) is 11.1 Å². The van der Waals surface area contributed by atoms with E-state index < -0.39 is 29.2 Å². The normalized spacial score (nSPS) is 20.8. The first kappa shape index (κ1) is 20.0. The van der Waals surface area contributed by atoms with E-state index in [0.717, 1.165) is 22.3 Å². The van der Waals surface area contributed by atoms with Gasteiger partial charge >= 0.3 is 11.9 Å². The molecule has 0 saturated heterocycles. The summed E-state index contributed by atoms with van der Waals surface area (Å²) in [6.45, 7) is 0.108. The molecule has 3 N–H and O–H groups in total. The van der Waals surface area contributed by atoms with Crippen LogP contribution in [0.2, 0.25) is 0 Å². The van der Waals surface area contributed by atoms with Crippen LogP contribution in [-0.4, -0.2) is 29.7 Å². The highest BCUT2D eigenvalue weighted by molar-refractivity contribution is 5.83. The third kappa shape index (κ3) is 3.55. The number of carboxylic acid groups (broad SMARTS) is 1. The van der Waals surface area contributed by atoms with Gasteiger partial charge in [0.25, 0.3) is 0 Å². The maximum atomic E-state index is 13.5. The van der Waals surface area contributed by atoms with Crippen LogP contribution in [-0.2, 0) is 14.3 Å². The van der Waals surface area contributed by atoms with Crippen LogP contribution in [0.3, 0.4) is 0 Å². The number of carbonyl (C=O) groups is 2. The van der Waals surface area contributed by atoms with Gasteiger partial charge in [0.2, 0.25) is 0 Å². The van der Waals surface area contributed by atoms with Crippen molar-refractivity contribution in [2.24, 2.45) is 11.1 Å². The van der Waals surface area contributed by atoms with Gasteiger partial charge in [0.15, 0.2) is 0 Å². The molecule has 4 rings (SSSR count). The zero-order valence-electron chi connectivity index (χ0n) is 16.3. The van der Waals surface area contributed by atoms with Gasteiger partial charge < -0.3 is 15.6 Å². The average Bonchev–Trinajstić information content (AvgIpc) is 3.07. The van der Waals surface area contributed by atoms with Crippen molar-refractivity contribution < 1.29 is 23.8 Å². The summed E-state index contributed by atoms with van der Waals surface area (Å²) in [6.07, 6.45) is 3.64. The molecule has 0 radical (unpaired) electrons. The van der Waals surface area contributed by atoms with Crippen LogP contribution in [0.5, 0.6) is 0 Å². The smallest absolute Gasteiger partial charge is 0.320 e. The number of rotatable bonds is 6. The van der Waals surface area contributed by atoms with Crippen molar-refractivity contribution in [3.8, 4) is 11.1 Å². The highest BCUT2D eigenvalue weighted by Gasteiger charge is 2.42. The molecule has 2 aliphatic carbocycles. The average molecular weight is 407 g/mol. The van der Waals surface area contributed by atoms with Crippen LogP contribution in [0.4, 0.5) is 4.39 Å². The molecule has 0 spiro atoms. The van der Waals surface area contributed by atoms with Crippen molar-refractivity contribution in [1.29, 1.82) is 0 Å². The van der Waals surface area contributed by atoms with Crippen molar-refractivity contribution in [2.45, 2.75) is 24.8 Å². The number of halogens is 1. The van der Waals surface area contributed by atoms with Crippen molar-refractivity contribution in [1.82, 2.24) is 0 Å². The van der Waals surface area contributed by atoms with Gasteiger partial charge in [0, 0.05) is 5.92 Å². The Morgan fingerprint density at radius 3 is 2.27 bits per heavy atom. The number of carbonyl (C=O) groups excluding carboxylic acids is 1. The molecule has 2 atom stereocenters. The molecular formula is C24H22FNO4. The highest BCUT2D eigenvalue weighted by Crippen LogP contribution is 2.45. The topological polar surface area (TPSA) is 89.6 Å². The summed E-state index contributed by atoms with van der Waals surface area (Å²) in [6, 6.07) is 14.7. The molecule has 154 valence electrons. The highest BCUT2D eigenvalue weighted by atomic mass is 19.1. The van der Waals surface area contributed by atoms with E-state index >= 15 is 0 Å². The predicted octanol–water partition coefficient (Wildman–Crippen LogP) is 3.94. The first-order valence-electron chi connectivity index (χ1n) is 9.80. The van der Waals surface area contributed by atoms with Crippen molar-refractivity contribution in [3.05, 3.63) is 83.7 Å². The minimum Gasteiger partial charge on any atom is -0.480 e. The SMILES string of the molecule is N[C@@H](CC1(C(=O)OCC2c3ccccc3-c3ccccc32)C=CC(F)=CC1)C(=O)O. The molecule has 30 heavy (non-hydrogen) atoms. The van der Waals surface area contributed by atoms with E-state index in [1.54, 1.807) is 0 Å². The van der Waals surface area contributed by atoms with Crippen LogP contribution >= 0.6 is 0 Å². The summed E-state index contributed by atoms with van der Waals surface area (Å²) in [5.74, 6) is -2.40. The number of allylic oxidation sites excluding steroid dienone is 3. The molecule has 0 amide bonds. The van der Waals surface area contributed by atoms with Crippen molar-refractivity contribution in [2.75, 3.05) is 6.61 Å². The number of fused-ring (bicyclic) bond motifs is 3. The number of hydrogen-bond acceptors (Lipinski definition) is 4. The second-order valence-electron chi connectivity index (χ2n) is 7.76. The van der Waals surface area contributed by atoms with Gasteiger partial charge in [-0.25, -0.2) is 4.39 Å². The molecule has 5 nitrogen and oxygen atoms in total. The molecule has 1 unspecified atom stereocenters. The van der Waals surface area contributed by atoms with E-state index in [1.807, 2.05) is 48.5 Å². The van der Waals surface area contributed by atoms with Gasteiger partial charge in [-0.05, 0) is 47.2 Å².